The lowest BCUT2D eigenvalue weighted by atomic mass is 10.3. The van der Waals surface area contributed by atoms with E-state index < -0.39 is 8.32 Å². The summed E-state index contributed by atoms with van der Waals surface area (Å²) in [6, 6.07) is 2.00. The summed E-state index contributed by atoms with van der Waals surface area (Å²) in [6.45, 7) is 10.4. The van der Waals surface area contributed by atoms with E-state index in [-0.39, 0.29) is 0 Å². The van der Waals surface area contributed by atoms with Crippen LogP contribution in [0.1, 0.15) is 11.3 Å². The first-order valence-corrected chi connectivity index (χ1v) is 7.55. The van der Waals surface area contributed by atoms with E-state index >= 15 is 0 Å². The second kappa shape index (κ2) is 2.97. The van der Waals surface area contributed by atoms with E-state index in [4.69, 9.17) is 8.84 Å². The summed E-state index contributed by atoms with van der Waals surface area (Å²) in [5, 5.41) is 0. The fourth-order valence-electron chi connectivity index (χ4n) is 0.999. The third-order valence-electron chi connectivity index (χ3n) is 1.39. The van der Waals surface area contributed by atoms with Crippen molar-refractivity contribution >= 4 is 8.32 Å². The first-order chi connectivity index (χ1) is 5.38. The molecule has 3 heteroatoms. The zero-order valence-corrected chi connectivity index (χ0v) is 9.39. The standard InChI is InChI=1S/C9H16O2Si/c1-7-6-8(2)10-9(7)11-12(3,4)5/h6H,1-5H3. The summed E-state index contributed by atoms with van der Waals surface area (Å²) in [5.41, 5.74) is 1.09. The highest BCUT2D eigenvalue weighted by atomic mass is 28.4. The second-order valence-electron chi connectivity index (χ2n) is 4.04. The van der Waals surface area contributed by atoms with Gasteiger partial charge in [-0.3, -0.25) is 0 Å². The molecule has 0 N–H and O–H groups in total. The molecule has 1 heterocycles. The number of rotatable bonds is 2. The van der Waals surface area contributed by atoms with Crippen molar-refractivity contribution in [3.05, 3.63) is 17.4 Å². The molecule has 0 unspecified atom stereocenters. The Morgan fingerprint density at radius 3 is 2.17 bits per heavy atom. The molecule has 1 aromatic heterocycles. The second-order valence-corrected chi connectivity index (χ2v) is 8.47. The maximum atomic E-state index is 5.73. The van der Waals surface area contributed by atoms with Crippen molar-refractivity contribution in [3.63, 3.8) is 0 Å². The van der Waals surface area contributed by atoms with Crippen molar-refractivity contribution in [3.8, 4) is 5.95 Å². The van der Waals surface area contributed by atoms with Gasteiger partial charge in [-0.25, -0.2) is 0 Å². The topological polar surface area (TPSA) is 22.4 Å². The summed E-state index contributed by atoms with van der Waals surface area (Å²) >= 11 is 0. The Morgan fingerprint density at radius 1 is 1.25 bits per heavy atom. The van der Waals surface area contributed by atoms with Crippen LogP contribution in [0.2, 0.25) is 19.6 Å². The number of furan rings is 1. The molecule has 1 rings (SSSR count). The number of hydrogen-bond donors (Lipinski definition) is 0. The molecule has 0 aliphatic rings. The monoisotopic (exact) mass is 184 g/mol. The van der Waals surface area contributed by atoms with Crippen LogP contribution in [0.4, 0.5) is 0 Å². The van der Waals surface area contributed by atoms with E-state index in [1.807, 2.05) is 19.9 Å². The van der Waals surface area contributed by atoms with Gasteiger partial charge in [0.2, 0.25) is 8.32 Å². The lowest BCUT2D eigenvalue weighted by molar-refractivity contribution is 0.372. The van der Waals surface area contributed by atoms with E-state index in [1.165, 1.54) is 0 Å². The largest absolute Gasteiger partial charge is 0.519 e. The van der Waals surface area contributed by atoms with E-state index in [0.29, 0.717) is 5.95 Å². The molecule has 0 saturated carbocycles. The summed E-state index contributed by atoms with van der Waals surface area (Å²) in [4.78, 5) is 0. The molecular formula is C9H16O2Si. The van der Waals surface area contributed by atoms with Gasteiger partial charge >= 0.3 is 0 Å². The summed E-state index contributed by atoms with van der Waals surface area (Å²) in [6.07, 6.45) is 0. The molecule has 0 spiro atoms. The van der Waals surface area contributed by atoms with E-state index in [1.54, 1.807) is 0 Å². The van der Waals surface area contributed by atoms with Crippen LogP contribution in [-0.2, 0) is 0 Å². The Kier molecular flexibility index (Phi) is 2.33. The van der Waals surface area contributed by atoms with Crippen molar-refractivity contribution in [1.82, 2.24) is 0 Å². The maximum absolute atomic E-state index is 5.73. The van der Waals surface area contributed by atoms with Crippen LogP contribution in [0.5, 0.6) is 5.95 Å². The van der Waals surface area contributed by atoms with Gasteiger partial charge in [0, 0.05) is 5.56 Å². The maximum Gasteiger partial charge on any atom is 0.273 e. The Morgan fingerprint density at radius 2 is 1.83 bits per heavy atom. The average Bonchev–Trinajstić information content (AvgIpc) is 2.06. The van der Waals surface area contributed by atoms with Crippen molar-refractivity contribution in [2.24, 2.45) is 0 Å². The third kappa shape index (κ3) is 2.41. The van der Waals surface area contributed by atoms with Crippen molar-refractivity contribution in [2.45, 2.75) is 33.5 Å². The SMILES string of the molecule is Cc1cc(C)c(O[Si](C)(C)C)o1. The predicted octanol–water partition coefficient (Wildman–Crippen LogP) is 3.11. The Hall–Kier alpha value is -0.703. The van der Waals surface area contributed by atoms with Gasteiger partial charge in [0.25, 0.3) is 5.95 Å². The quantitative estimate of drug-likeness (QED) is 0.659. The summed E-state index contributed by atoms with van der Waals surface area (Å²) < 4.78 is 11.1. The lowest BCUT2D eigenvalue weighted by Gasteiger charge is -2.16. The Bertz CT molecular complexity index is 271. The van der Waals surface area contributed by atoms with Gasteiger partial charge in [-0.15, -0.1) is 0 Å². The van der Waals surface area contributed by atoms with E-state index in [2.05, 4.69) is 19.6 Å². The van der Waals surface area contributed by atoms with Crippen molar-refractivity contribution in [2.75, 3.05) is 0 Å². The minimum Gasteiger partial charge on any atom is -0.519 e. The van der Waals surface area contributed by atoms with Crippen LogP contribution in [0.3, 0.4) is 0 Å². The molecule has 0 aliphatic carbocycles. The van der Waals surface area contributed by atoms with Gasteiger partial charge < -0.3 is 8.84 Å². The fourth-order valence-corrected chi connectivity index (χ4v) is 1.76. The number of aryl methyl sites for hydroxylation is 2. The molecule has 0 saturated heterocycles. The highest BCUT2D eigenvalue weighted by Gasteiger charge is 2.19. The smallest absolute Gasteiger partial charge is 0.273 e. The normalized spacial score (nSPS) is 11.8. The van der Waals surface area contributed by atoms with Gasteiger partial charge in [-0.05, 0) is 39.6 Å². The Labute approximate surface area is 74.7 Å². The molecule has 0 aromatic carbocycles. The summed E-state index contributed by atoms with van der Waals surface area (Å²) in [5.74, 6) is 1.62. The molecular weight excluding hydrogens is 168 g/mol. The molecule has 2 nitrogen and oxygen atoms in total. The van der Waals surface area contributed by atoms with Crippen LogP contribution in [0.25, 0.3) is 0 Å². The van der Waals surface area contributed by atoms with Gasteiger partial charge in [-0.1, -0.05) is 0 Å². The summed E-state index contributed by atoms with van der Waals surface area (Å²) in [7, 11) is -1.51. The van der Waals surface area contributed by atoms with E-state index in [0.717, 1.165) is 11.3 Å². The van der Waals surface area contributed by atoms with Crippen LogP contribution >= 0.6 is 0 Å². The molecule has 68 valence electrons. The average molecular weight is 184 g/mol. The molecule has 0 amide bonds. The molecule has 12 heavy (non-hydrogen) atoms. The van der Waals surface area contributed by atoms with Crippen LogP contribution in [0.15, 0.2) is 10.5 Å². The van der Waals surface area contributed by atoms with E-state index in [9.17, 15) is 0 Å². The third-order valence-corrected chi connectivity index (χ3v) is 2.19. The Balaban J connectivity index is 2.82. The molecule has 0 radical (unpaired) electrons. The van der Waals surface area contributed by atoms with Crippen LogP contribution in [-0.4, -0.2) is 8.32 Å². The predicted molar refractivity (Wildman–Crippen MR) is 52.2 cm³/mol. The first kappa shape index (κ1) is 9.39. The molecule has 0 bridgehead atoms. The first-order valence-electron chi connectivity index (χ1n) is 4.14. The fraction of sp³-hybridized carbons (Fsp3) is 0.556. The molecule has 0 aliphatic heterocycles. The minimum atomic E-state index is -1.51. The lowest BCUT2D eigenvalue weighted by Crippen LogP contribution is -2.29. The molecule has 0 atom stereocenters. The van der Waals surface area contributed by atoms with Crippen LogP contribution in [0, 0.1) is 13.8 Å². The van der Waals surface area contributed by atoms with Gasteiger partial charge in [0.1, 0.15) is 5.76 Å². The zero-order chi connectivity index (χ0) is 9.35. The molecule has 1 aromatic rings. The zero-order valence-electron chi connectivity index (χ0n) is 8.39. The van der Waals surface area contributed by atoms with Gasteiger partial charge in [0.05, 0.1) is 0 Å². The molecule has 0 fully saturated rings. The highest BCUT2D eigenvalue weighted by Crippen LogP contribution is 2.24. The minimum absolute atomic E-state index is 0.701. The van der Waals surface area contributed by atoms with Gasteiger partial charge in [0.15, 0.2) is 0 Å². The van der Waals surface area contributed by atoms with Crippen LogP contribution < -0.4 is 4.43 Å². The highest BCUT2D eigenvalue weighted by molar-refractivity contribution is 6.70. The number of hydrogen-bond acceptors (Lipinski definition) is 2. The van der Waals surface area contributed by atoms with Crippen molar-refractivity contribution < 1.29 is 8.84 Å². The van der Waals surface area contributed by atoms with Crippen molar-refractivity contribution in [1.29, 1.82) is 0 Å². The van der Waals surface area contributed by atoms with Gasteiger partial charge in [-0.2, -0.15) is 0 Å².